The van der Waals surface area contributed by atoms with E-state index in [0.29, 0.717) is 6.07 Å². The first-order valence-electron chi connectivity index (χ1n) is 11.2. The van der Waals surface area contributed by atoms with E-state index in [4.69, 9.17) is 11.6 Å². The molecule has 3 N–H and O–H groups in total. The second kappa shape index (κ2) is 11.2. The average molecular weight is 610 g/mol. The minimum Gasteiger partial charge on any atom is -0.322 e. The van der Waals surface area contributed by atoms with E-state index in [1.54, 1.807) is 18.2 Å². The first-order chi connectivity index (χ1) is 18.7. The lowest BCUT2D eigenvalue weighted by atomic mass is 10.2. The van der Waals surface area contributed by atoms with Crippen LogP contribution in [0, 0.1) is 0 Å². The van der Waals surface area contributed by atoms with E-state index >= 15 is 0 Å². The van der Waals surface area contributed by atoms with Gasteiger partial charge in [0.25, 0.3) is 26.0 Å². The molecule has 1 amide bonds. The standard InChI is InChI=1S/C26H19ClF3N3O5S2/c27-23-15-17(9-14-24(23)33-40(37,38)21-7-2-1-3-8-21)25(34)31-19-10-12-22(13-11-19)39(35,36)32-20-6-4-5-18(16-20)26(28,29)30/h1-16,32-33H,(H,31,34). The Morgan fingerprint density at radius 2 is 1.30 bits per heavy atom. The zero-order valence-corrected chi connectivity index (χ0v) is 22.5. The average Bonchev–Trinajstić information content (AvgIpc) is 2.90. The lowest BCUT2D eigenvalue weighted by Crippen LogP contribution is -2.15. The van der Waals surface area contributed by atoms with Gasteiger partial charge in [0.15, 0.2) is 0 Å². The fraction of sp³-hybridized carbons (Fsp3) is 0.0385. The van der Waals surface area contributed by atoms with Gasteiger partial charge in [0, 0.05) is 16.9 Å². The number of hydrogen-bond acceptors (Lipinski definition) is 5. The van der Waals surface area contributed by atoms with Gasteiger partial charge in [-0.1, -0.05) is 35.9 Å². The summed E-state index contributed by atoms with van der Waals surface area (Å²) in [6, 6.07) is 20.2. The van der Waals surface area contributed by atoms with Gasteiger partial charge in [-0.2, -0.15) is 13.2 Å². The maximum atomic E-state index is 12.9. The van der Waals surface area contributed by atoms with Crippen LogP contribution in [-0.4, -0.2) is 22.7 Å². The van der Waals surface area contributed by atoms with E-state index in [-0.39, 0.29) is 37.4 Å². The molecule has 0 aliphatic carbocycles. The van der Waals surface area contributed by atoms with Crippen molar-refractivity contribution in [3.8, 4) is 0 Å². The molecular weight excluding hydrogens is 591 g/mol. The van der Waals surface area contributed by atoms with Crippen LogP contribution in [0.4, 0.5) is 30.2 Å². The van der Waals surface area contributed by atoms with Gasteiger partial charge >= 0.3 is 6.18 Å². The first kappa shape index (κ1) is 28.9. The predicted molar refractivity (Wildman–Crippen MR) is 145 cm³/mol. The Morgan fingerprint density at radius 1 is 0.675 bits per heavy atom. The van der Waals surface area contributed by atoms with Crippen LogP contribution < -0.4 is 14.8 Å². The van der Waals surface area contributed by atoms with Crippen LogP contribution in [0.1, 0.15) is 15.9 Å². The smallest absolute Gasteiger partial charge is 0.322 e. The van der Waals surface area contributed by atoms with Gasteiger partial charge in [-0.05, 0) is 72.8 Å². The normalized spacial score (nSPS) is 12.0. The van der Waals surface area contributed by atoms with Gasteiger partial charge in [-0.15, -0.1) is 0 Å². The number of carbonyl (C=O) groups excluding carboxylic acids is 1. The summed E-state index contributed by atoms with van der Waals surface area (Å²) in [5, 5.41) is 2.52. The molecule has 0 unspecified atom stereocenters. The van der Waals surface area contributed by atoms with E-state index in [1.807, 2.05) is 0 Å². The predicted octanol–water partition coefficient (Wildman–Crippen LogP) is 6.21. The van der Waals surface area contributed by atoms with Crippen molar-refractivity contribution in [3.63, 3.8) is 0 Å². The summed E-state index contributed by atoms with van der Waals surface area (Å²) in [4.78, 5) is 12.5. The summed E-state index contributed by atoms with van der Waals surface area (Å²) < 4.78 is 93.5. The molecule has 8 nitrogen and oxygen atoms in total. The molecular formula is C26H19ClF3N3O5S2. The number of hydrogen-bond donors (Lipinski definition) is 3. The van der Waals surface area contributed by atoms with E-state index in [0.717, 1.165) is 12.1 Å². The van der Waals surface area contributed by atoms with E-state index in [1.165, 1.54) is 60.7 Å². The van der Waals surface area contributed by atoms with Gasteiger partial charge in [-0.3, -0.25) is 14.2 Å². The third-order valence-electron chi connectivity index (χ3n) is 5.39. The molecule has 0 spiro atoms. The number of alkyl halides is 3. The van der Waals surface area contributed by atoms with Crippen molar-refractivity contribution in [3.05, 3.63) is 113 Å². The molecule has 0 saturated heterocycles. The second-order valence-electron chi connectivity index (χ2n) is 8.28. The number of benzene rings is 4. The molecule has 0 radical (unpaired) electrons. The number of rotatable bonds is 8. The number of nitrogens with one attached hydrogen (secondary N) is 3. The lowest BCUT2D eigenvalue weighted by molar-refractivity contribution is -0.137. The van der Waals surface area contributed by atoms with E-state index in [2.05, 4.69) is 14.8 Å². The van der Waals surface area contributed by atoms with Crippen molar-refractivity contribution in [2.45, 2.75) is 16.0 Å². The molecule has 208 valence electrons. The van der Waals surface area contributed by atoms with Crippen LogP contribution in [0.15, 0.2) is 107 Å². The van der Waals surface area contributed by atoms with Gasteiger partial charge in [0.2, 0.25) is 0 Å². The SMILES string of the molecule is O=C(Nc1ccc(S(=O)(=O)Nc2cccc(C(F)(F)F)c2)cc1)c1ccc(NS(=O)(=O)c2ccccc2)c(Cl)c1. The van der Waals surface area contributed by atoms with Crippen molar-refractivity contribution in [2.24, 2.45) is 0 Å². The molecule has 0 aliphatic rings. The molecule has 4 aromatic carbocycles. The number of sulfonamides is 2. The highest BCUT2D eigenvalue weighted by Crippen LogP contribution is 2.31. The van der Waals surface area contributed by atoms with Crippen molar-refractivity contribution in [1.29, 1.82) is 0 Å². The molecule has 0 atom stereocenters. The molecule has 0 aliphatic heterocycles. The van der Waals surface area contributed by atoms with Gasteiger partial charge in [0.05, 0.1) is 26.1 Å². The Balaban J connectivity index is 1.43. The van der Waals surface area contributed by atoms with Crippen molar-refractivity contribution in [2.75, 3.05) is 14.8 Å². The van der Waals surface area contributed by atoms with Crippen LogP contribution in [0.3, 0.4) is 0 Å². The molecule has 14 heteroatoms. The quantitative estimate of drug-likeness (QED) is 0.219. The molecule has 0 bridgehead atoms. The number of amides is 1. The molecule has 0 saturated carbocycles. The minimum absolute atomic E-state index is 0.0309. The number of carbonyl (C=O) groups is 1. The van der Waals surface area contributed by atoms with Crippen LogP contribution in [-0.2, 0) is 26.2 Å². The van der Waals surface area contributed by atoms with Gasteiger partial charge in [-0.25, -0.2) is 16.8 Å². The summed E-state index contributed by atoms with van der Waals surface area (Å²) in [6.07, 6.45) is -4.64. The Hall–Kier alpha value is -4.07. The summed E-state index contributed by atoms with van der Waals surface area (Å²) >= 11 is 6.20. The minimum atomic E-state index is -4.64. The maximum Gasteiger partial charge on any atom is 0.416 e. The summed E-state index contributed by atoms with van der Waals surface area (Å²) in [5.74, 6) is -0.614. The fourth-order valence-electron chi connectivity index (χ4n) is 3.44. The molecule has 0 fully saturated rings. The van der Waals surface area contributed by atoms with Crippen LogP contribution >= 0.6 is 11.6 Å². The Labute approximate surface area is 232 Å². The number of anilines is 3. The van der Waals surface area contributed by atoms with Crippen molar-refractivity contribution in [1.82, 2.24) is 0 Å². The topological polar surface area (TPSA) is 121 Å². The molecule has 4 aromatic rings. The fourth-order valence-corrected chi connectivity index (χ4v) is 5.87. The highest BCUT2D eigenvalue weighted by molar-refractivity contribution is 7.93. The number of halogens is 4. The van der Waals surface area contributed by atoms with Crippen molar-refractivity contribution >= 4 is 54.6 Å². The molecule has 4 rings (SSSR count). The largest absolute Gasteiger partial charge is 0.416 e. The first-order valence-corrected chi connectivity index (χ1v) is 14.6. The van der Waals surface area contributed by atoms with E-state index < -0.39 is 37.7 Å². The van der Waals surface area contributed by atoms with Crippen LogP contribution in [0.5, 0.6) is 0 Å². The van der Waals surface area contributed by atoms with Gasteiger partial charge < -0.3 is 5.32 Å². The summed E-state index contributed by atoms with van der Waals surface area (Å²) in [5.41, 5.74) is -0.903. The summed E-state index contributed by atoms with van der Waals surface area (Å²) in [7, 11) is -8.12. The molecule has 0 aromatic heterocycles. The van der Waals surface area contributed by atoms with Gasteiger partial charge in [0.1, 0.15) is 0 Å². The zero-order chi connectivity index (χ0) is 29.1. The molecule has 40 heavy (non-hydrogen) atoms. The second-order valence-corrected chi connectivity index (χ2v) is 12.0. The monoisotopic (exact) mass is 609 g/mol. The Kier molecular flexibility index (Phi) is 8.10. The van der Waals surface area contributed by atoms with Crippen molar-refractivity contribution < 1.29 is 34.8 Å². The third kappa shape index (κ3) is 6.92. The third-order valence-corrected chi connectivity index (χ3v) is 8.49. The van der Waals surface area contributed by atoms with Crippen LogP contribution in [0.2, 0.25) is 5.02 Å². The highest BCUT2D eigenvalue weighted by atomic mass is 35.5. The summed E-state index contributed by atoms with van der Waals surface area (Å²) in [6.45, 7) is 0. The molecule has 0 heterocycles. The van der Waals surface area contributed by atoms with Crippen LogP contribution in [0.25, 0.3) is 0 Å². The Morgan fingerprint density at radius 3 is 1.93 bits per heavy atom. The lowest BCUT2D eigenvalue weighted by Gasteiger charge is -2.12. The zero-order valence-electron chi connectivity index (χ0n) is 20.1. The Bertz CT molecular complexity index is 1770. The highest BCUT2D eigenvalue weighted by Gasteiger charge is 2.30. The van der Waals surface area contributed by atoms with E-state index in [9.17, 15) is 34.8 Å². The maximum absolute atomic E-state index is 12.9.